The van der Waals surface area contributed by atoms with Gasteiger partial charge in [0.1, 0.15) is 0 Å². The van der Waals surface area contributed by atoms with E-state index in [0.717, 1.165) is 24.8 Å². The van der Waals surface area contributed by atoms with Crippen molar-refractivity contribution in [1.29, 1.82) is 0 Å². The second-order valence-electron chi connectivity index (χ2n) is 4.34. The van der Waals surface area contributed by atoms with E-state index >= 15 is 0 Å². The van der Waals surface area contributed by atoms with Gasteiger partial charge in [-0.2, -0.15) is 0 Å². The lowest BCUT2D eigenvalue weighted by Crippen LogP contribution is -2.35. The summed E-state index contributed by atoms with van der Waals surface area (Å²) in [5.74, 6) is 0.0585. The molecule has 0 saturated carbocycles. The number of hydrogen-bond acceptors (Lipinski definition) is 2. The number of nitrogen functional groups attached to an aromatic ring is 1. The highest BCUT2D eigenvalue weighted by atomic mass is 16.1. The maximum absolute atomic E-state index is 11.8. The van der Waals surface area contributed by atoms with Crippen LogP contribution < -0.4 is 11.1 Å². The van der Waals surface area contributed by atoms with Gasteiger partial charge in [-0.15, -0.1) is 0 Å². The monoisotopic (exact) mass is 234 g/mol. The molecule has 1 amide bonds. The van der Waals surface area contributed by atoms with Gasteiger partial charge in [0.25, 0.3) is 0 Å². The van der Waals surface area contributed by atoms with Gasteiger partial charge >= 0.3 is 0 Å². The van der Waals surface area contributed by atoms with Crippen molar-refractivity contribution >= 4 is 11.6 Å². The van der Waals surface area contributed by atoms with Gasteiger partial charge in [0.15, 0.2) is 0 Å². The van der Waals surface area contributed by atoms with Crippen LogP contribution in [0.1, 0.15) is 38.7 Å². The molecule has 1 rings (SSSR count). The van der Waals surface area contributed by atoms with E-state index in [9.17, 15) is 4.79 Å². The smallest absolute Gasteiger partial charge is 0.224 e. The van der Waals surface area contributed by atoms with Crippen LogP contribution in [0.5, 0.6) is 0 Å². The van der Waals surface area contributed by atoms with Gasteiger partial charge in [-0.3, -0.25) is 4.79 Å². The molecule has 0 aliphatic rings. The van der Waals surface area contributed by atoms with E-state index in [4.69, 9.17) is 5.73 Å². The maximum Gasteiger partial charge on any atom is 0.224 e. The second-order valence-corrected chi connectivity index (χ2v) is 4.34. The molecule has 0 aliphatic carbocycles. The van der Waals surface area contributed by atoms with Crippen LogP contribution in [0.4, 0.5) is 5.69 Å². The summed E-state index contributed by atoms with van der Waals surface area (Å²) >= 11 is 0. The lowest BCUT2D eigenvalue weighted by Gasteiger charge is -2.16. The molecule has 1 aromatic carbocycles. The first-order valence-corrected chi connectivity index (χ1v) is 6.30. The zero-order chi connectivity index (χ0) is 12.7. The summed E-state index contributed by atoms with van der Waals surface area (Å²) in [5, 5.41) is 3.05. The molecule has 1 unspecified atom stereocenters. The highest BCUT2D eigenvalue weighted by Crippen LogP contribution is 2.11. The van der Waals surface area contributed by atoms with Gasteiger partial charge in [0.2, 0.25) is 5.91 Å². The molecule has 3 heteroatoms. The predicted octanol–water partition coefficient (Wildman–Crippen LogP) is 2.51. The minimum absolute atomic E-state index is 0.0585. The Hall–Kier alpha value is -1.51. The number of rotatable bonds is 6. The Balaban J connectivity index is 2.52. The van der Waals surface area contributed by atoms with Gasteiger partial charge in [-0.05, 0) is 24.5 Å². The number of carbonyl (C=O) groups excluding carboxylic acids is 1. The number of nitrogens with one attached hydrogen (secondary N) is 1. The van der Waals surface area contributed by atoms with Crippen LogP contribution in [-0.2, 0) is 11.2 Å². The lowest BCUT2D eigenvalue weighted by atomic mass is 10.1. The molecule has 0 radical (unpaired) electrons. The molecule has 0 saturated heterocycles. The molecule has 0 spiro atoms. The fraction of sp³-hybridized carbons (Fsp3) is 0.500. The quantitative estimate of drug-likeness (QED) is 0.743. The topological polar surface area (TPSA) is 55.1 Å². The standard InChI is InChI=1S/C14H22N2O/c1-3-7-12(4-2)16-14(17)10-11-8-5-6-9-13(11)15/h5-6,8-9,12H,3-4,7,10,15H2,1-2H3,(H,16,17). The van der Waals surface area contributed by atoms with Gasteiger partial charge < -0.3 is 11.1 Å². The Morgan fingerprint density at radius 3 is 2.65 bits per heavy atom. The minimum atomic E-state index is 0.0585. The molecular formula is C14H22N2O. The van der Waals surface area contributed by atoms with Gasteiger partial charge in [-0.25, -0.2) is 0 Å². The SMILES string of the molecule is CCCC(CC)NC(=O)Cc1ccccc1N. The summed E-state index contributed by atoms with van der Waals surface area (Å²) in [6.07, 6.45) is 3.47. The lowest BCUT2D eigenvalue weighted by molar-refractivity contribution is -0.121. The van der Waals surface area contributed by atoms with Crippen LogP contribution in [0.3, 0.4) is 0 Å². The zero-order valence-corrected chi connectivity index (χ0v) is 10.7. The highest BCUT2D eigenvalue weighted by Gasteiger charge is 2.10. The van der Waals surface area contributed by atoms with Crippen LogP contribution in [0.15, 0.2) is 24.3 Å². The van der Waals surface area contributed by atoms with Crippen molar-refractivity contribution in [3.63, 3.8) is 0 Å². The van der Waals surface area contributed by atoms with Crippen molar-refractivity contribution in [3.8, 4) is 0 Å². The highest BCUT2D eigenvalue weighted by molar-refractivity contribution is 5.80. The van der Waals surface area contributed by atoms with Gasteiger partial charge in [-0.1, -0.05) is 38.5 Å². The summed E-state index contributed by atoms with van der Waals surface area (Å²) in [5.41, 5.74) is 7.40. The Morgan fingerprint density at radius 2 is 2.06 bits per heavy atom. The Labute approximate surface area is 103 Å². The second kappa shape index (κ2) is 6.94. The van der Waals surface area contributed by atoms with Crippen LogP contribution in [0.2, 0.25) is 0 Å². The van der Waals surface area contributed by atoms with Crippen LogP contribution in [0.25, 0.3) is 0 Å². The number of benzene rings is 1. The number of amides is 1. The Bertz CT molecular complexity index is 363. The van der Waals surface area contributed by atoms with E-state index in [1.807, 2.05) is 24.3 Å². The first-order chi connectivity index (χ1) is 8.17. The number of nitrogens with two attached hydrogens (primary N) is 1. The molecule has 3 nitrogen and oxygen atoms in total. The van der Waals surface area contributed by atoms with Crippen molar-refractivity contribution in [2.24, 2.45) is 0 Å². The third-order valence-corrected chi connectivity index (χ3v) is 2.90. The van der Waals surface area contributed by atoms with Crippen molar-refractivity contribution < 1.29 is 4.79 Å². The van der Waals surface area contributed by atoms with Crippen molar-refractivity contribution in [2.75, 3.05) is 5.73 Å². The van der Waals surface area contributed by atoms with Gasteiger partial charge in [0, 0.05) is 11.7 Å². The molecule has 1 atom stereocenters. The number of hydrogen-bond donors (Lipinski definition) is 2. The Kier molecular flexibility index (Phi) is 5.53. The minimum Gasteiger partial charge on any atom is -0.398 e. The zero-order valence-electron chi connectivity index (χ0n) is 10.7. The molecule has 3 N–H and O–H groups in total. The largest absolute Gasteiger partial charge is 0.398 e. The summed E-state index contributed by atoms with van der Waals surface area (Å²) in [4.78, 5) is 11.8. The summed E-state index contributed by atoms with van der Waals surface area (Å²) in [7, 11) is 0. The molecule has 1 aromatic rings. The first kappa shape index (κ1) is 13.6. The van der Waals surface area contributed by atoms with Gasteiger partial charge in [0.05, 0.1) is 6.42 Å². The molecule has 0 aliphatic heterocycles. The first-order valence-electron chi connectivity index (χ1n) is 6.30. The van der Waals surface area contributed by atoms with Crippen molar-refractivity contribution in [2.45, 2.75) is 45.6 Å². The maximum atomic E-state index is 11.8. The van der Waals surface area contributed by atoms with Crippen molar-refractivity contribution in [3.05, 3.63) is 29.8 Å². The number of carbonyl (C=O) groups is 1. The summed E-state index contributed by atoms with van der Waals surface area (Å²) in [6.45, 7) is 4.22. The fourth-order valence-corrected chi connectivity index (χ4v) is 1.87. The normalized spacial score (nSPS) is 12.1. The summed E-state index contributed by atoms with van der Waals surface area (Å²) in [6, 6.07) is 7.80. The van der Waals surface area contributed by atoms with Crippen LogP contribution in [0, 0.1) is 0 Å². The number of anilines is 1. The third-order valence-electron chi connectivity index (χ3n) is 2.90. The molecular weight excluding hydrogens is 212 g/mol. The Morgan fingerprint density at radius 1 is 1.35 bits per heavy atom. The summed E-state index contributed by atoms with van der Waals surface area (Å²) < 4.78 is 0. The van der Waals surface area contributed by atoms with E-state index < -0.39 is 0 Å². The predicted molar refractivity (Wildman–Crippen MR) is 71.7 cm³/mol. The van der Waals surface area contributed by atoms with E-state index in [2.05, 4.69) is 19.2 Å². The van der Waals surface area contributed by atoms with Crippen LogP contribution >= 0.6 is 0 Å². The van der Waals surface area contributed by atoms with Crippen LogP contribution in [-0.4, -0.2) is 11.9 Å². The number of para-hydroxylation sites is 1. The average Bonchev–Trinajstić information content (AvgIpc) is 2.31. The molecule has 0 heterocycles. The van der Waals surface area contributed by atoms with Crippen molar-refractivity contribution in [1.82, 2.24) is 5.32 Å². The van der Waals surface area contributed by atoms with E-state index in [1.54, 1.807) is 0 Å². The molecule has 17 heavy (non-hydrogen) atoms. The molecule has 0 aromatic heterocycles. The molecule has 0 fully saturated rings. The van der Waals surface area contributed by atoms with E-state index in [0.29, 0.717) is 12.1 Å². The molecule has 94 valence electrons. The van der Waals surface area contributed by atoms with E-state index in [-0.39, 0.29) is 11.9 Å². The average molecular weight is 234 g/mol. The fourth-order valence-electron chi connectivity index (χ4n) is 1.87. The molecule has 0 bridgehead atoms. The third kappa shape index (κ3) is 4.47. The van der Waals surface area contributed by atoms with E-state index in [1.165, 1.54) is 0 Å².